The van der Waals surface area contributed by atoms with E-state index in [2.05, 4.69) is 55.3 Å². The minimum absolute atomic E-state index is 0.254. The highest BCUT2D eigenvalue weighted by Gasteiger charge is 2.26. The van der Waals surface area contributed by atoms with Gasteiger partial charge in [0.2, 0.25) is 10.0 Å². The van der Waals surface area contributed by atoms with Crippen LogP contribution in [0.1, 0.15) is 21.6 Å². The number of benzene rings is 2. The highest BCUT2D eigenvalue weighted by Crippen LogP contribution is 2.41. The molecule has 0 radical (unpaired) electrons. The lowest BCUT2D eigenvalue weighted by Crippen LogP contribution is -2.43. The second kappa shape index (κ2) is 9.57. The lowest BCUT2D eigenvalue weighted by molar-refractivity contribution is 0.148. The highest BCUT2D eigenvalue weighted by atomic mass is 32.2. The van der Waals surface area contributed by atoms with Crippen molar-refractivity contribution in [1.82, 2.24) is 24.7 Å². The second-order valence-corrected chi connectivity index (χ2v) is 12.4. The molecule has 2 aliphatic rings. The average molecular weight is 520 g/mol. The molecule has 36 heavy (non-hydrogen) atoms. The number of rotatable bonds is 7. The molecule has 1 saturated heterocycles. The van der Waals surface area contributed by atoms with Gasteiger partial charge >= 0.3 is 0 Å². The van der Waals surface area contributed by atoms with Gasteiger partial charge in [0.25, 0.3) is 0 Å². The zero-order valence-corrected chi connectivity index (χ0v) is 21.8. The largest absolute Gasteiger partial charge is 0.304 e. The molecular weight excluding hydrogens is 490 g/mol. The number of H-pyrrole nitrogens is 1. The summed E-state index contributed by atoms with van der Waals surface area (Å²) in [6, 6.07) is 17.3. The molecule has 3 heterocycles. The SMILES string of the molecule is CN1CCN(Cc2ccc3c(c2)Cc2c(-c4csc(CNS(=O)(=O)c5ccccc5)c4)n[nH]c2-3)CC1. The standard InChI is InChI=1S/C27H29N5O2S2/c1-31-9-11-32(12-10-31)17-19-7-8-24-20(13-19)15-25-26(29-30-27(24)25)21-14-22(35-18-21)16-28-36(33,34)23-5-3-2-4-6-23/h2-8,13-14,18,28H,9-12,15-17H2,1H3,(H,29,30). The van der Waals surface area contributed by atoms with E-state index in [0.29, 0.717) is 0 Å². The molecular formula is C27H29N5O2S2. The summed E-state index contributed by atoms with van der Waals surface area (Å²) in [5.41, 5.74) is 8.24. The Morgan fingerprint density at radius 2 is 1.86 bits per heavy atom. The van der Waals surface area contributed by atoms with Crippen LogP contribution >= 0.6 is 11.3 Å². The van der Waals surface area contributed by atoms with E-state index in [9.17, 15) is 8.42 Å². The van der Waals surface area contributed by atoms with Crippen LogP contribution in [-0.4, -0.2) is 61.6 Å². The van der Waals surface area contributed by atoms with Crippen LogP contribution in [0.3, 0.4) is 0 Å². The molecule has 0 spiro atoms. The Balaban J connectivity index is 1.15. The number of aromatic nitrogens is 2. The number of hydrogen-bond donors (Lipinski definition) is 2. The monoisotopic (exact) mass is 519 g/mol. The summed E-state index contributed by atoms with van der Waals surface area (Å²) in [4.78, 5) is 6.14. The molecule has 0 bridgehead atoms. The predicted octanol–water partition coefficient (Wildman–Crippen LogP) is 3.94. The number of sulfonamides is 1. The maximum absolute atomic E-state index is 12.6. The molecule has 7 nitrogen and oxygen atoms in total. The van der Waals surface area contributed by atoms with E-state index in [4.69, 9.17) is 0 Å². The molecule has 0 unspecified atom stereocenters. The molecule has 1 aliphatic carbocycles. The van der Waals surface area contributed by atoms with Crippen LogP contribution in [0.4, 0.5) is 0 Å². The van der Waals surface area contributed by atoms with Gasteiger partial charge < -0.3 is 4.90 Å². The van der Waals surface area contributed by atoms with Gasteiger partial charge in [0.1, 0.15) is 0 Å². The van der Waals surface area contributed by atoms with Crippen molar-refractivity contribution in [2.24, 2.45) is 0 Å². The highest BCUT2D eigenvalue weighted by molar-refractivity contribution is 7.89. The lowest BCUT2D eigenvalue weighted by atomic mass is 10.0. The molecule has 4 aromatic rings. The molecule has 2 N–H and O–H groups in total. The predicted molar refractivity (Wildman–Crippen MR) is 143 cm³/mol. The molecule has 2 aromatic heterocycles. The van der Waals surface area contributed by atoms with Gasteiger partial charge in [-0.05, 0) is 36.4 Å². The second-order valence-electron chi connectivity index (χ2n) is 9.61. The van der Waals surface area contributed by atoms with Crippen molar-refractivity contribution in [1.29, 1.82) is 0 Å². The van der Waals surface area contributed by atoms with Gasteiger partial charge in [-0.3, -0.25) is 10.00 Å². The molecule has 0 atom stereocenters. The summed E-state index contributed by atoms with van der Waals surface area (Å²) in [7, 11) is -1.35. The van der Waals surface area contributed by atoms with Crippen molar-refractivity contribution in [3.63, 3.8) is 0 Å². The third-order valence-electron chi connectivity index (χ3n) is 7.09. The van der Waals surface area contributed by atoms with Gasteiger partial charge in [-0.25, -0.2) is 13.1 Å². The first-order valence-corrected chi connectivity index (χ1v) is 14.6. The fourth-order valence-corrected chi connectivity index (χ4v) is 6.96. The minimum atomic E-state index is -3.54. The Morgan fingerprint density at radius 3 is 2.67 bits per heavy atom. The smallest absolute Gasteiger partial charge is 0.240 e. The maximum Gasteiger partial charge on any atom is 0.240 e. The number of aromatic amines is 1. The first-order valence-electron chi connectivity index (χ1n) is 12.2. The van der Waals surface area contributed by atoms with E-state index in [1.165, 1.54) is 22.3 Å². The Hall–Kier alpha value is -2.82. The van der Waals surface area contributed by atoms with Gasteiger partial charge in [0.15, 0.2) is 0 Å². The first kappa shape index (κ1) is 23.6. The van der Waals surface area contributed by atoms with E-state index >= 15 is 0 Å². The van der Waals surface area contributed by atoms with E-state index in [-0.39, 0.29) is 11.4 Å². The number of likely N-dealkylation sites (N-methyl/N-ethyl adjacent to an activating group) is 1. The number of thiophene rings is 1. The topological polar surface area (TPSA) is 81.3 Å². The molecule has 1 aliphatic heterocycles. The van der Waals surface area contributed by atoms with Gasteiger partial charge in [0.05, 0.1) is 16.3 Å². The van der Waals surface area contributed by atoms with Crippen LogP contribution in [0.15, 0.2) is 64.9 Å². The van der Waals surface area contributed by atoms with E-state index in [1.54, 1.807) is 41.7 Å². The Labute approximate surface area is 215 Å². The lowest BCUT2D eigenvalue weighted by Gasteiger charge is -2.32. The third-order valence-corrected chi connectivity index (χ3v) is 9.45. The zero-order chi connectivity index (χ0) is 24.7. The van der Waals surface area contributed by atoms with Crippen LogP contribution in [0.25, 0.3) is 22.5 Å². The van der Waals surface area contributed by atoms with Crippen LogP contribution in [0.2, 0.25) is 0 Å². The average Bonchev–Trinajstić information content (AvgIpc) is 3.60. The van der Waals surface area contributed by atoms with Crippen LogP contribution < -0.4 is 4.72 Å². The summed E-state index contributed by atoms with van der Waals surface area (Å²) in [5, 5.41) is 9.95. The fourth-order valence-electron chi connectivity index (χ4n) is 5.04. The van der Waals surface area contributed by atoms with Gasteiger partial charge in [-0.1, -0.05) is 36.4 Å². The van der Waals surface area contributed by atoms with Crippen molar-refractivity contribution in [3.05, 3.63) is 81.5 Å². The van der Waals surface area contributed by atoms with Gasteiger partial charge in [0, 0.05) is 72.6 Å². The van der Waals surface area contributed by atoms with Crippen molar-refractivity contribution < 1.29 is 8.42 Å². The number of hydrogen-bond acceptors (Lipinski definition) is 6. The van der Waals surface area contributed by atoms with Crippen LogP contribution in [0.5, 0.6) is 0 Å². The fraction of sp³-hybridized carbons (Fsp3) is 0.296. The van der Waals surface area contributed by atoms with Crippen LogP contribution in [0, 0.1) is 0 Å². The molecule has 0 saturated carbocycles. The molecule has 0 amide bonds. The van der Waals surface area contributed by atoms with E-state index in [0.717, 1.165) is 61.0 Å². The Bertz CT molecular complexity index is 1490. The Kier molecular flexibility index (Phi) is 6.27. The number of fused-ring (bicyclic) bond motifs is 3. The summed E-state index contributed by atoms with van der Waals surface area (Å²) in [6.07, 6.45) is 0.860. The zero-order valence-electron chi connectivity index (χ0n) is 20.2. The number of nitrogens with zero attached hydrogens (tertiary/aromatic N) is 3. The summed E-state index contributed by atoms with van der Waals surface area (Å²) in [6.45, 7) is 5.73. The molecule has 186 valence electrons. The van der Waals surface area contributed by atoms with Crippen molar-refractivity contribution in [2.45, 2.75) is 24.4 Å². The quantitative estimate of drug-likeness (QED) is 0.341. The minimum Gasteiger partial charge on any atom is -0.304 e. The van der Waals surface area contributed by atoms with Crippen molar-refractivity contribution in [3.8, 4) is 22.5 Å². The van der Waals surface area contributed by atoms with E-state index < -0.39 is 10.0 Å². The molecule has 1 fully saturated rings. The first-order chi connectivity index (χ1) is 17.5. The maximum atomic E-state index is 12.6. The molecule has 6 rings (SSSR count). The molecule has 9 heteroatoms. The van der Waals surface area contributed by atoms with Gasteiger partial charge in [-0.15, -0.1) is 11.3 Å². The van der Waals surface area contributed by atoms with Crippen molar-refractivity contribution >= 4 is 21.4 Å². The summed E-state index contributed by atoms with van der Waals surface area (Å²) >= 11 is 1.55. The third kappa shape index (κ3) is 4.65. The molecule has 2 aromatic carbocycles. The summed E-state index contributed by atoms with van der Waals surface area (Å²) in [5.74, 6) is 0. The van der Waals surface area contributed by atoms with Gasteiger partial charge in [-0.2, -0.15) is 5.10 Å². The number of piperazine rings is 1. The van der Waals surface area contributed by atoms with Crippen molar-refractivity contribution in [2.75, 3.05) is 33.2 Å². The Morgan fingerprint density at radius 1 is 1.06 bits per heavy atom. The number of nitrogens with one attached hydrogen (secondary N) is 2. The summed E-state index contributed by atoms with van der Waals surface area (Å²) < 4.78 is 27.8. The normalized spacial score (nSPS) is 16.2. The van der Waals surface area contributed by atoms with E-state index in [1.807, 2.05) is 6.07 Å². The van der Waals surface area contributed by atoms with Crippen LogP contribution in [-0.2, 0) is 29.5 Å².